The largest absolute Gasteiger partial charge is 0.482 e. The number of hydrogen-bond acceptors (Lipinski definition) is 4. The van der Waals surface area contributed by atoms with Gasteiger partial charge in [0.25, 0.3) is 11.8 Å². The highest BCUT2D eigenvalue weighted by Gasteiger charge is 2.45. The molecule has 0 saturated carbocycles. The Morgan fingerprint density at radius 3 is 2.61 bits per heavy atom. The summed E-state index contributed by atoms with van der Waals surface area (Å²) in [6.07, 6.45) is 3.82. The van der Waals surface area contributed by atoms with Gasteiger partial charge in [-0.25, -0.2) is 0 Å². The number of amides is 2. The lowest BCUT2D eigenvalue weighted by molar-refractivity contribution is -0.118. The predicted molar refractivity (Wildman–Crippen MR) is 118 cm³/mol. The molecule has 3 heterocycles. The van der Waals surface area contributed by atoms with Crippen LogP contribution in [0.15, 0.2) is 42.5 Å². The number of carbonyl (C=O) groups excluding carboxylic acids is 2. The summed E-state index contributed by atoms with van der Waals surface area (Å²) in [4.78, 5) is 26.6. The monoisotopic (exact) mass is 440 g/mol. The highest BCUT2D eigenvalue weighted by Crippen LogP contribution is 2.47. The van der Waals surface area contributed by atoms with E-state index in [0.29, 0.717) is 36.0 Å². The summed E-state index contributed by atoms with van der Waals surface area (Å²) in [6.45, 7) is 2.14. The number of rotatable bonds is 3. The molecule has 2 amide bonds. The van der Waals surface area contributed by atoms with Gasteiger partial charge >= 0.3 is 0 Å². The van der Waals surface area contributed by atoms with Crippen molar-refractivity contribution in [2.45, 2.75) is 31.3 Å². The maximum atomic E-state index is 13.1. The Morgan fingerprint density at radius 2 is 1.90 bits per heavy atom. The van der Waals surface area contributed by atoms with Gasteiger partial charge in [0.2, 0.25) is 0 Å². The number of nitrogens with zero attached hydrogens (tertiary/aromatic N) is 1. The third-order valence-corrected chi connectivity index (χ3v) is 6.94. The Kier molecular flexibility index (Phi) is 5.36. The minimum Gasteiger partial charge on any atom is -0.482 e. The molecule has 2 saturated heterocycles. The van der Waals surface area contributed by atoms with E-state index in [1.165, 1.54) is 5.56 Å². The lowest BCUT2D eigenvalue weighted by atomic mass is 9.74. The Labute approximate surface area is 186 Å². The number of fused-ring (bicyclic) bond motifs is 1. The van der Waals surface area contributed by atoms with Crippen LogP contribution in [0.5, 0.6) is 5.75 Å². The summed E-state index contributed by atoms with van der Waals surface area (Å²) in [7, 11) is 0. The summed E-state index contributed by atoms with van der Waals surface area (Å²) < 4.78 is 11.7. The first-order valence-electron chi connectivity index (χ1n) is 10.8. The molecule has 5 rings (SSSR count). The van der Waals surface area contributed by atoms with Gasteiger partial charge in [-0.2, -0.15) is 0 Å². The van der Waals surface area contributed by atoms with E-state index in [9.17, 15) is 9.59 Å². The number of halogens is 1. The summed E-state index contributed by atoms with van der Waals surface area (Å²) >= 11 is 6.10. The average molecular weight is 441 g/mol. The van der Waals surface area contributed by atoms with Gasteiger partial charge in [0, 0.05) is 30.3 Å². The molecule has 1 unspecified atom stereocenters. The fourth-order valence-corrected chi connectivity index (χ4v) is 5.25. The van der Waals surface area contributed by atoms with Crippen LogP contribution >= 0.6 is 11.6 Å². The second-order valence-corrected chi connectivity index (χ2v) is 8.90. The molecule has 0 aromatic heterocycles. The normalized spacial score (nSPS) is 23.8. The number of anilines is 1. The Hall–Kier alpha value is -2.57. The molecule has 0 aliphatic carbocycles. The molecule has 0 spiro atoms. The third-order valence-electron chi connectivity index (χ3n) is 6.69. The first kappa shape index (κ1) is 20.3. The standard InChI is InChI=1S/C24H25ClN2O4/c25-19-5-3-17(4-6-19)24(10-1-13-31-24)18-8-11-27(12-9-18)23(29)16-2-7-21-20(14-16)26-22(28)15-30-21/h2-7,14,18H,1,8-13,15H2,(H,26,28). The summed E-state index contributed by atoms with van der Waals surface area (Å²) in [5.74, 6) is 0.727. The molecule has 0 radical (unpaired) electrons. The Balaban J connectivity index is 1.30. The molecule has 2 aromatic carbocycles. The van der Waals surface area contributed by atoms with Crippen LogP contribution in [0.1, 0.15) is 41.6 Å². The number of hydrogen-bond donors (Lipinski definition) is 1. The van der Waals surface area contributed by atoms with E-state index >= 15 is 0 Å². The zero-order valence-electron chi connectivity index (χ0n) is 17.2. The second-order valence-electron chi connectivity index (χ2n) is 8.46. The molecular formula is C24H25ClN2O4. The van der Waals surface area contributed by atoms with Gasteiger partial charge < -0.3 is 19.7 Å². The van der Waals surface area contributed by atoms with Crippen molar-refractivity contribution in [1.29, 1.82) is 0 Å². The number of nitrogens with one attached hydrogen (secondary N) is 1. The lowest BCUT2D eigenvalue weighted by Crippen LogP contribution is -2.45. The lowest BCUT2D eigenvalue weighted by Gasteiger charge is -2.42. The van der Waals surface area contributed by atoms with Crippen LogP contribution in [0, 0.1) is 5.92 Å². The zero-order chi connectivity index (χ0) is 21.4. The van der Waals surface area contributed by atoms with Crippen molar-refractivity contribution in [2.24, 2.45) is 5.92 Å². The quantitative estimate of drug-likeness (QED) is 0.775. The first-order chi connectivity index (χ1) is 15.0. The van der Waals surface area contributed by atoms with Crippen LogP contribution < -0.4 is 10.1 Å². The van der Waals surface area contributed by atoms with Crippen molar-refractivity contribution in [3.05, 3.63) is 58.6 Å². The molecule has 1 atom stereocenters. The van der Waals surface area contributed by atoms with E-state index in [0.717, 1.165) is 37.3 Å². The third kappa shape index (κ3) is 3.79. The minimum absolute atomic E-state index is 0.00521. The molecular weight excluding hydrogens is 416 g/mol. The van der Waals surface area contributed by atoms with Crippen molar-refractivity contribution in [1.82, 2.24) is 4.90 Å². The minimum atomic E-state index is -0.285. The van der Waals surface area contributed by atoms with Crippen LogP contribution in [-0.2, 0) is 15.1 Å². The summed E-state index contributed by atoms with van der Waals surface area (Å²) in [5, 5.41) is 3.49. The van der Waals surface area contributed by atoms with Gasteiger partial charge in [0.15, 0.2) is 6.61 Å². The van der Waals surface area contributed by atoms with E-state index in [4.69, 9.17) is 21.1 Å². The van der Waals surface area contributed by atoms with E-state index < -0.39 is 0 Å². The maximum Gasteiger partial charge on any atom is 0.262 e. The highest BCUT2D eigenvalue weighted by molar-refractivity contribution is 6.30. The number of ether oxygens (including phenoxy) is 2. The molecule has 0 bridgehead atoms. The topological polar surface area (TPSA) is 67.9 Å². The molecule has 3 aliphatic heterocycles. The molecule has 7 heteroatoms. The fraction of sp³-hybridized carbons (Fsp3) is 0.417. The van der Waals surface area contributed by atoms with Crippen LogP contribution in [0.25, 0.3) is 0 Å². The highest BCUT2D eigenvalue weighted by atomic mass is 35.5. The maximum absolute atomic E-state index is 13.1. The van der Waals surface area contributed by atoms with Crippen molar-refractivity contribution in [3.8, 4) is 5.75 Å². The van der Waals surface area contributed by atoms with Gasteiger partial charge in [-0.05, 0) is 67.5 Å². The van der Waals surface area contributed by atoms with Gasteiger partial charge in [0.1, 0.15) is 5.75 Å². The second kappa shape index (κ2) is 8.17. The van der Waals surface area contributed by atoms with Crippen LogP contribution in [0.2, 0.25) is 5.02 Å². The summed E-state index contributed by atoms with van der Waals surface area (Å²) in [6, 6.07) is 13.2. The molecule has 31 heavy (non-hydrogen) atoms. The summed E-state index contributed by atoms with van der Waals surface area (Å²) in [5.41, 5.74) is 2.02. The van der Waals surface area contributed by atoms with E-state index in [1.54, 1.807) is 18.2 Å². The SMILES string of the molecule is O=C1COc2ccc(C(=O)N3CCC(C4(c5ccc(Cl)cc5)CCCO4)CC3)cc2N1. The number of benzene rings is 2. The van der Waals surface area contributed by atoms with Crippen LogP contribution in [-0.4, -0.2) is 43.0 Å². The van der Waals surface area contributed by atoms with Crippen molar-refractivity contribution < 1.29 is 19.1 Å². The number of piperidine rings is 1. The predicted octanol–water partition coefficient (Wildman–Crippen LogP) is 4.23. The van der Waals surface area contributed by atoms with Crippen molar-refractivity contribution in [2.75, 3.05) is 31.6 Å². The molecule has 1 N–H and O–H groups in total. The smallest absolute Gasteiger partial charge is 0.262 e. The average Bonchev–Trinajstić information content (AvgIpc) is 3.30. The van der Waals surface area contributed by atoms with Gasteiger partial charge in [0.05, 0.1) is 11.3 Å². The Morgan fingerprint density at radius 1 is 1.13 bits per heavy atom. The zero-order valence-corrected chi connectivity index (χ0v) is 18.0. The number of carbonyl (C=O) groups is 2. The number of likely N-dealkylation sites (tertiary alicyclic amines) is 1. The van der Waals surface area contributed by atoms with E-state index in [-0.39, 0.29) is 24.0 Å². The van der Waals surface area contributed by atoms with Gasteiger partial charge in [-0.3, -0.25) is 9.59 Å². The van der Waals surface area contributed by atoms with Crippen molar-refractivity contribution in [3.63, 3.8) is 0 Å². The van der Waals surface area contributed by atoms with E-state index in [2.05, 4.69) is 17.4 Å². The molecule has 6 nitrogen and oxygen atoms in total. The molecule has 2 fully saturated rings. The molecule has 162 valence electrons. The van der Waals surface area contributed by atoms with Gasteiger partial charge in [-0.1, -0.05) is 23.7 Å². The van der Waals surface area contributed by atoms with Crippen LogP contribution in [0.4, 0.5) is 5.69 Å². The van der Waals surface area contributed by atoms with Crippen molar-refractivity contribution >= 4 is 29.1 Å². The first-order valence-corrected chi connectivity index (χ1v) is 11.2. The molecule has 3 aliphatic rings. The fourth-order valence-electron chi connectivity index (χ4n) is 5.13. The Bertz CT molecular complexity index is 993. The van der Waals surface area contributed by atoms with E-state index in [1.807, 2.05) is 17.0 Å². The molecule has 2 aromatic rings. The van der Waals surface area contributed by atoms with Gasteiger partial charge in [-0.15, -0.1) is 0 Å². The van der Waals surface area contributed by atoms with Crippen LogP contribution in [0.3, 0.4) is 0 Å².